The van der Waals surface area contributed by atoms with Crippen molar-refractivity contribution < 1.29 is 17.6 Å². The van der Waals surface area contributed by atoms with E-state index in [0.717, 1.165) is 5.56 Å². The molecule has 0 aliphatic carbocycles. The van der Waals surface area contributed by atoms with Crippen LogP contribution in [0.25, 0.3) is 11.4 Å². The van der Waals surface area contributed by atoms with Crippen LogP contribution >= 0.6 is 11.8 Å². The Morgan fingerprint density at radius 2 is 2.00 bits per heavy atom. The smallest absolute Gasteiger partial charge is 0.248 e. The number of aryl methyl sites for hydroxylation is 2. The molecule has 8 heteroatoms. The summed E-state index contributed by atoms with van der Waals surface area (Å²) in [4.78, 5) is 3.95. The summed E-state index contributed by atoms with van der Waals surface area (Å²) < 4.78 is 51.5. The van der Waals surface area contributed by atoms with Gasteiger partial charge < -0.3 is 0 Å². The number of nitrogens with zero attached hydrogens (tertiary/aromatic N) is 3. The van der Waals surface area contributed by atoms with Gasteiger partial charge in [-0.1, -0.05) is 17.8 Å². The molecule has 2 aromatic rings. The molecule has 3 nitrogen and oxygen atoms in total. The van der Waals surface area contributed by atoms with Gasteiger partial charge in [-0.15, -0.1) is 5.10 Å². The molecule has 0 amide bonds. The van der Waals surface area contributed by atoms with E-state index < -0.39 is 17.7 Å². The number of alkyl halides is 3. The molecule has 0 saturated heterocycles. The third kappa shape index (κ3) is 3.50. The second-order valence-corrected chi connectivity index (χ2v) is 5.17. The first-order chi connectivity index (χ1) is 9.26. The second-order valence-electron chi connectivity index (χ2n) is 4.23. The molecule has 1 aromatic heterocycles. The molecule has 1 heterocycles. The maximum atomic E-state index is 13.8. The first-order valence-electron chi connectivity index (χ1n) is 5.63. The van der Waals surface area contributed by atoms with Crippen LogP contribution in [0.1, 0.15) is 5.56 Å². The average molecular weight is 305 g/mol. The lowest BCUT2D eigenvalue weighted by atomic mass is 10.1. The van der Waals surface area contributed by atoms with Crippen LogP contribution < -0.4 is 0 Å². The minimum Gasteiger partial charge on any atom is -0.248 e. The number of hydrogen-bond donors (Lipinski definition) is 0. The monoisotopic (exact) mass is 305 g/mol. The van der Waals surface area contributed by atoms with E-state index in [4.69, 9.17) is 0 Å². The standard InChI is InChI=1S/C12H11F4N3S/c1-7-3-4-8(9(13)5-7)10-17-11(18-19(10)2)20-6-12(14,15)16/h3-5H,6H2,1-2H3. The van der Waals surface area contributed by atoms with Crippen LogP contribution in [0, 0.1) is 12.7 Å². The largest absolute Gasteiger partial charge is 0.398 e. The number of aromatic nitrogens is 3. The van der Waals surface area contributed by atoms with Gasteiger partial charge >= 0.3 is 6.18 Å². The van der Waals surface area contributed by atoms with Gasteiger partial charge in [0.1, 0.15) is 5.82 Å². The molecular formula is C12H11F4N3S. The lowest BCUT2D eigenvalue weighted by Crippen LogP contribution is -2.10. The molecule has 0 N–H and O–H groups in total. The third-order valence-corrected chi connectivity index (χ3v) is 3.38. The topological polar surface area (TPSA) is 30.7 Å². The van der Waals surface area contributed by atoms with E-state index in [9.17, 15) is 17.6 Å². The Bertz CT molecular complexity index is 622. The summed E-state index contributed by atoms with van der Waals surface area (Å²) in [5, 5.41) is 3.83. The molecule has 0 fully saturated rings. The van der Waals surface area contributed by atoms with Crippen molar-refractivity contribution in [2.75, 3.05) is 5.75 Å². The number of halogens is 4. The molecule has 0 unspecified atom stereocenters. The number of benzene rings is 1. The molecular weight excluding hydrogens is 294 g/mol. The predicted octanol–water partition coefficient (Wildman–Crippen LogP) is 3.58. The van der Waals surface area contributed by atoms with E-state index in [1.807, 2.05) is 0 Å². The molecule has 0 spiro atoms. The van der Waals surface area contributed by atoms with Crippen LogP contribution in [-0.4, -0.2) is 26.7 Å². The zero-order valence-electron chi connectivity index (χ0n) is 10.7. The fourth-order valence-corrected chi connectivity index (χ4v) is 2.23. The summed E-state index contributed by atoms with van der Waals surface area (Å²) >= 11 is 0.476. The average Bonchev–Trinajstić information content (AvgIpc) is 2.67. The molecule has 108 valence electrons. The number of rotatable bonds is 3. The van der Waals surface area contributed by atoms with Crippen LogP contribution in [0.4, 0.5) is 17.6 Å². The first-order valence-corrected chi connectivity index (χ1v) is 6.62. The first kappa shape index (κ1) is 14.8. The quantitative estimate of drug-likeness (QED) is 0.641. The van der Waals surface area contributed by atoms with Gasteiger partial charge in [-0.05, 0) is 24.6 Å². The highest BCUT2D eigenvalue weighted by Gasteiger charge is 2.28. The number of hydrogen-bond acceptors (Lipinski definition) is 3. The Balaban J connectivity index is 2.27. The van der Waals surface area contributed by atoms with Crippen LogP contribution in [0.3, 0.4) is 0 Å². The maximum absolute atomic E-state index is 13.8. The van der Waals surface area contributed by atoms with Crippen molar-refractivity contribution in [3.63, 3.8) is 0 Å². The molecule has 0 atom stereocenters. The SMILES string of the molecule is Cc1ccc(-c2nc(SCC(F)(F)F)nn2C)c(F)c1. The second kappa shape index (κ2) is 5.43. The van der Waals surface area contributed by atoms with Crippen molar-refractivity contribution >= 4 is 11.8 Å². The third-order valence-electron chi connectivity index (χ3n) is 2.47. The van der Waals surface area contributed by atoms with Crippen molar-refractivity contribution in [2.24, 2.45) is 7.05 Å². The van der Waals surface area contributed by atoms with Crippen LogP contribution in [0.2, 0.25) is 0 Å². The zero-order valence-corrected chi connectivity index (χ0v) is 11.5. The summed E-state index contributed by atoms with van der Waals surface area (Å²) in [6, 6.07) is 4.58. The van der Waals surface area contributed by atoms with Gasteiger partial charge in [-0.25, -0.2) is 14.1 Å². The summed E-state index contributed by atoms with van der Waals surface area (Å²) in [5.41, 5.74) is 0.963. The Morgan fingerprint density at radius 1 is 1.30 bits per heavy atom. The fourth-order valence-electron chi connectivity index (χ4n) is 1.60. The predicted molar refractivity (Wildman–Crippen MR) is 67.9 cm³/mol. The van der Waals surface area contributed by atoms with Crippen LogP contribution in [0.5, 0.6) is 0 Å². The van der Waals surface area contributed by atoms with Gasteiger partial charge in [-0.3, -0.25) is 0 Å². The van der Waals surface area contributed by atoms with Crippen molar-refractivity contribution in [3.05, 3.63) is 29.6 Å². The summed E-state index contributed by atoms with van der Waals surface area (Å²) in [6.45, 7) is 1.74. The number of thioether (sulfide) groups is 1. The molecule has 0 saturated carbocycles. The van der Waals surface area contributed by atoms with E-state index >= 15 is 0 Å². The minimum atomic E-state index is -4.29. The fraction of sp³-hybridized carbons (Fsp3) is 0.333. The van der Waals surface area contributed by atoms with E-state index in [2.05, 4.69) is 10.1 Å². The van der Waals surface area contributed by atoms with Gasteiger partial charge in [-0.2, -0.15) is 13.2 Å². The van der Waals surface area contributed by atoms with Crippen LogP contribution in [-0.2, 0) is 7.05 Å². The van der Waals surface area contributed by atoms with Crippen molar-refractivity contribution in [3.8, 4) is 11.4 Å². The molecule has 1 aromatic carbocycles. The van der Waals surface area contributed by atoms with Gasteiger partial charge in [0.15, 0.2) is 5.82 Å². The van der Waals surface area contributed by atoms with Crippen molar-refractivity contribution in [1.29, 1.82) is 0 Å². The van der Waals surface area contributed by atoms with Crippen molar-refractivity contribution in [1.82, 2.24) is 14.8 Å². The molecule has 0 aliphatic heterocycles. The highest BCUT2D eigenvalue weighted by molar-refractivity contribution is 7.99. The molecule has 20 heavy (non-hydrogen) atoms. The summed E-state index contributed by atoms with van der Waals surface area (Å²) in [6.07, 6.45) is -4.29. The highest BCUT2D eigenvalue weighted by atomic mass is 32.2. The Morgan fingerprint density at radius 3 is 2.60 bits per heavy atom. The van der Waals surface area contributed by atoms with Gasteiger partial charge in [0.25, 0.3) is 0 Å². The lowest BCUT2D eigenvalue weighted by molar-refractivity contribution is -0.105. The van der Waals surface area contributed by atoms with E-state index in [1.165, 1.54) is 23.9 Å². The molecule has 0 bridgehead atoms. The van der Waals surface area contributed by atoms with Gasteiger partial charge in [0.05, 0.1) is 11.3 Å². The lowest BCUT2D eigenvalue weighted by Gasteiger charge is -2.02. The highest BCUT2D eigenvalue weighted by Crippen LogP contribution is 2.28. The van der Waals surface area contributed by atoms with E-state index in [-0.39, 0.29) is 16.5 Å². The van der Waals surface area contributed by atoms with E-state index in [0.29, 0.717) is 11.8 Å². The molecule has 0 radical (unpaired) electrons. The Kier molecular flexibility index (Phi) is 4.03. The molecule has 2 rings (SSSR count). The van der Waals surface area contributed by atoms with Gasteiger partial charge in [0.2, 0.25) is 5.16 Å². The van der Waals surface area contributed by atoms with Gasteiger partial charge in [0, 0.05) is 7.05 Å². The van der Waals surface area contributed by atoms with Crippen LogP contribution in [0.15, 0.2) is 23.4 Å². The Hall–Kier alpha value is -1.57. The summed E-state index contributed by atoms with van der Waals surface area (Å²) in [7, 11) is 1.51. The maximum Gasteiger partial charge on any atom is 0.398 e. The zero-order chi connectivity index (χ0) is 14.9. The molecule has 0 aliphatic rings. The van der Waals surface area contributed by atoms with Crippen molar-refractivity contribution in [2.45, 2.75) is 18.3 Å². The Labute approximate surface area is 117 Å². The van der Waals surface area contributed by atoms with E-state index in [1.54, 1.807) is 13.0 Å². The normalized spacial score (nSPS) is 11.9. The minimum absolute atomic E-state index is 0.0280. The summed E-state index contributed by atoms with van der Waals surface area (Å²) in [5.74, 6) is -1.35.